The predicted molar refractivity (Wildman–Crippen MR) is 77.8 cm³/mol. The molecule has 3 N–H and O–H groups in total. The van der Waals surface area contributed by atoms with Crippen LogP contribution in [0.1, 0.15) is 55.9 Å². The number of aryl methyl sites for hydroxylation is 1. The van der Waals surface area contributed by atoms with E-state index in [0.717, 1.165) is 17.7 Å². The van der Waals surface area contributed by atoms with Crippen LogP contribution in [0.15, 0.2) is 11.4 Å². The highest BCUT2D eigenvalue weighted by Crippen LogP contribution is 2.50. The van der Waals surface area contributed by atoms with Crippen molar-refractivity contribution in [1.29, 1.82) is 0 Å². The molecule has 0 aliphatic heterocycles. The minimum Gasteiger partial charge on any atom is -0.384 e. The molecule has 0 aromatic carbocycles. The van der Waals surface area contributed by atoms with Gasteiger partial charge in [0.15, 0.2) is 0 Å². The van der Waals surface area contributed by atoms with Gasteiger partial charge >= 0.3 is 0 Å². The molecule has 1 fully saturated rings. The molecule has 2 nitrogen and oxygen atoms in total. The third-order valence-corrected chi connectivity index (χ3v) is 6.02. The molecule has 1 aliphatic carbocycles. The number of aliphatic hydroxyl groups is 1. The van der Waals surface area contributed by atoms with Gasteiger partial charge in [0, 0.05) is 16.8 Å². The van der Waals surface area contributed by atoms with Gasteiger partial charge in [-0.3, -0.25) is 0 Å². The van der Waals surface area contributed by atoms with Gasteiger partial charge in [-0.25, -0.2) is 0 Å². The Hall–Kier alpha value is -0.380. The van der Waals surface area contributed by atoms with E-state index < -0.39 is 5.60 Å². The first-order valence-electron chi connectivity index (χ1n) is 7.00. The molecule has 1 heterocycles. The summed E-state index contributed by atoms with van der Waals surface area (Å²) in [6, 6.07) is 2.09. The van der Waals surface area contributed by atoms with Crippen LogP contribution in [0.5, 0.6) is 0 Å². The SMILES string of the molecule is Cc1ccsc1C(C)(O)C1(CN)CCCCCC1. The molecule has 0 saturated heterocycles. The molecule has 1 unspecified atom stereocenters. The van der Waals surface area contributed by atoms with E-state index in [0.29, 0.717) is 6.54 Å². The van der Waals surface area contributed by atoms with Crippen LogP contribution in [-0.2, 0) is 5.60 Å². The Kier molecular flexibility index (Phi) is 4.15. The smallest absolute Gasteiger partial charge is 0.103 e. The van der Waals surface area contributed by atoms with Gasteiger partial charge in [0.25, 0.3) is 0 Å². The van der Waals surface area contributed by atoms with Crippen molar-refractivity contribution >= 4 is 11.3 Å². The first-order valence-corrected chi connectivity index (χ1v) is 7.88. The minimum atomic E-state index is -0.787. The van der Waals surface area contributed by atoms with Gasteiger partial charge < -0.3 is 10.8 Å². The summed E-state index contributed by atoms with van der Waals surface area (Å²) in [5, 5.41) is 13.3. The number of thiophene rings is 1. The van der Waals surface area contributed by atoms with Gasteiger partial charge in [-0.15, -0.1) is 11.3 Å². The maximum absolute atomic E-state index is 11.2. The number of rotatable bonds is 3. The van der Waals surface area contributed by atoms with Gasteiger partial charge in [-0.05, 0) is 43.7 Å². The van der Waals surface area contributed by atoms with Crippen molar-refractivity contribution in [1.82, 2.24) is 0 Å². The lowest BCUT2D eigenvalue weighted by Gasteiger charge is -2.44. The second kappa shape index (κ2) is 5.32. The van der Waals surface area contributed by atoms with Crippen LogP contribution in [0.2, 0.25) is 0 Å². The van der Waals surface area contributed by atoms with Crippen molar-refractivity contribution in [3.8, 4) is 0 Å². The standard InChI is InChI=1S/C15H25NOS/c1-12-7-10-18-13(12)14(2,17)15(11-16)8-5-3-4-6-9-15/h7,10,17H,3-6,8-9,11,16H2,1-2H3. The van der Waals surface area contributed by atoms with Crippen LogP contribution in [0.4, 0.5) is 0 Å². The largest absolute Gasteiger partial charge is 0.384 e. The number of nitrogens with two attached hydrogens (primary N) is 1. The lowest BCUT2D eigenvalue weighted by Crippen LogP contribution is -2.48. The number of hydrogen-bond donors (Lipinski definition) is 2. The van der Waals surface area contributed by atoms with Gasteiger partial charge in [0.1, 0.15) is 5.60 Å². The van der Waals surface area contributed by atoms with Crippen molar-refractivity contribution in [2.24, 2.45) is 11.1 Å². The highest BCUT2D eigenvalue weighted by atomic mass is 32.1. The Bertz CT molecular complexity index is 389. The van der Waals surface area contributed by atoms with E-state index in [1.165, 1.54) is 31.2 Å². The van der Waals surface area contributed by atoms with Crippen molar-refractivity contribution in [3.05, 3.63) is 21.9 Å². The van der Waals surface area contributed by atoms with Gasteiger partial charge in [0.05, 0.1) is 0 Å². The summed E-state index contributed by atoms with van der Waals surface area (Å²) in [6.07, 6.45) is 7.04. The van der Waals surface area contributed by atoms with Crippen molar-refractivity contribution < 1.29 is 5.11 Å². The third-order valence-electron chi connectivity index (χ3n) is 4.79. The molecule has 1 saturated carbocycles. The maximum Gasteiger partial charge on any atom is 0.103 e. The van der Waals surface area contributed by atoms with E-state index in [-0.39, 0.29) is 5.41 Å². The van der Waals surface area contributed by atoms with Crippen molar-refractivity contribution in [2.75, 3.05) is 6.54 Å². The Morgan fingerprint density at radius 1 is 1.33 bits per heavy atom. The van der Waals surface area contributed by atoms with E-state index in [1.807, 2.05) is 6.92 Å². The zero-order valence-electron chi connectivity index (χ0n) is 11.5. The average molecular weight is 267 g/mol. The lowest BCUT2D eigenvalue weighted by molar-refractivity contribution is -0.0789. The first-order chi connectivity index (χ1) is 8.53. The monoisotopic (exact) mass is 267 g/mol. The zero-order chi connectivity index (χ0) is 13.2. The fourth-order valence-electron chi connectivity index (χ4n) is 3.41. The van der Waals surface area contributed by atoms with Crippen LogP contribution < -0.4 is 5.73 Å². The highest BCUT2D eigenvalue weighted by Gasteiger charge is 2.48. The molecule has 0 radical (unpaired) electrons. The summed E-state index contributed by atoms with van der Waals surface area (Å²) in [4.78, 5) is 1.11. The summed E-state index contributed by atoms with van der Waals surface area (Å²) in [6.45, 7) is 4.64. The predicted octanol–water partition coefficient (Wildman–Crippen LogP) is 3.56. The Morgan fingerprint density at radius 3 is 2.39 bits per heavy atom. The molecule has 0 bridgehead atoms. The molecule has 0 amide bonds. The normalized spacial score (nSPS) is 23.3. The molecule has 18 heavy (non-hydrogen) atoms. The Labute approximate surface area is 114 Å². The highest BCUT2D eigenvalue weighted by molar-refractivity contribution is 7.10. The molecule has 1 aromatic heterocycles. The second-order valence-corrected chi connectivity index (χ2v) is 6.82. The Morgan fingerprint density at radius 2 is 1.94 bits per heavy atom. The number of hydrogen-bond acceptors (Lipinski definition) is 3. The maximum atomic E-state index is 11.2. The molecule has 1 aliphatic rings. The van der Waals surface area contributed by atoms with E-state index in [4.69, 9.17) is 5.73 Å². The Balaban J connectivity index is 2.38. The van der Waals surface area contributed by atoms with E-state index in [2.05, 4.69) is 18.4 Å². The van der Waals surface area contributed by atoms with Crippen LogP contribution >= 0.6 is 11.3 Å². The molecular weight excluding hydrogens is 242 g/mol. The molecule has 3 heteroatoms. The third kappa shape index (κ3) is 2.24. The fraction of sp³-hybridized carbons (Fsp3) is 0.733. The van der Waals surface area contributed by atoms with Crippen LogP contribution in [0.25, 0.3) is 0 Å². The summed E-state index contributed by atoms with van der Waals surface area (Å²) in [5.74, 6) is 0. The quantitative estimate of drug-likeness (QED) is 0.823. The minimum absolute atomic E-state index is 0.140. The van der Waals surface area contributed by atoms with Gasteiger partial charge in [0.2, 0.25) is 0 Å². The first kappa shape index (κ1) is 14.0. The molecule has 1 aromatic rings. The topological polar surface area (TPSA) is 46.2 Å². The molecule has 2 rings (SSSR count). The van der Waals surface area contributed by atoms with E-state index in [9.17, 15) is 5.11 Å². The summed E-state index contributed by atoms with van der Waals surface area (Å²) in [7, 11) is 0. The summed E-state index contributed by atoms with van der Waals surface area (Å²) >= 11 is 1.67. The summed E-state index contributed by atoms with van der Waals surface area (Å²) in [5.41, 5.74) is 6.36. The van der Waals surface area contributed by atoms with E-state index in [1.54, 1.807) is 11.3 Å². The lowest BCUT2D eigenvalue weighted by atomic mass is 9.66. The molecular formula is C15H25NOS. The van der Waals surface area contributed by atoms with Crippen LogP contribution in [-0.4, -0.2) is 11.7 Å². The molecule has 0 spiro atoms. The molecule has 1 atom stereocenters. The van der Waals surface area contributed by atoms with Gasteiger partial charge in [-0.2, -0.15) is 0 Å². The average Bonchev–Trinajstić information content (AvgIpc) is 2.65. The van der Waals surface area contributed by atoms with Crippen LogP contribution in [0, 0.1) is 12.3 Å². The van der Waals surface area contributed by atoms with Crippen molar-refractivity contribution in [3.63, 3.8) is 0 Å². The van der Waals surface area contributed by atoms with Crippen molar-refractivity contribution in [2.45, 2.75) is 58.0 Å². The second-order valence-electron chi connectivity index (χ2n) is 5.90. The van der Waals surface area contributed by atoms with E-state index >= 15 is 0 Å². The van der Waals surface area contributed by atoms with Gasteiger partial charge in [-0.1, -0.05) is 25.7 Å². The fourth-order valence-corrected chi connectivity index (χ4v) is 4.52. The summed E-state index contributed by atoms with van der Waals surface area (Å²) < 4.78 is 0. The zero-order valence-corrected chi connectivity index (χ0v) is 12.4. The van der Waals surface area contributed by atoms with Crippen LogP contribution in [0.3, 0.4) is 0 Å². The molecule has 102 valence electrons.